The molecule has 1 rings (SSSR count). The van der Waals surface area contributed by atoms with Crippen LogP contribution in [0, 0.1) is 15.2 Å². The number of terminal acetylenes is 1. The van der Waals surface area contributed by atoms with Crippen LogP contribution in [0.4, 0.5) is 0 Å². The highest BCUT2D eigenvalue weighted by molar-refractivity contribution is 14.1. The first-order valence-electron chi connectivity index (χ1n) is 3.33. The summed E-state index contributed by atoms with van der Waals surface area (Å²) in [5, 5.41) is 1.76. The van der Waals surface area contributed by atoms with Crippen LogP contribution in [0.5, 0.6) is 0 Å². The van der Waals surface area contributed by atoms with Gasteiger partial charge in [0.25, 0.3) is 5.91 Å². The summed E-state index contributed by atoms with van der Waals surface area (Å²) in [7, 11) is 0. The minimum atomic E-state index is -0.269. The summed E-state index contributed by atoms with van der Waals surface area (Å²) in [6, 6.07) is 1.78. The molecule has 0 spiro atoms. The monoisotopic (exact) mass is 307 g/mol. The van der Waals surface area contributed by atoms with Gasteiger partial charge in [-0.25, -0.2) is 5.48 Å². The molecule has 0 aliphatic carbocycles. The number of hydrogen-bond donors (Lipinski definition) is 1. The number of amides is 1. The molecule has 0 fully saturated rings. The molecular weight excluding hydrogens is 301 g/mol. The van der Waals surface area contributed by atoms with E-state index in [1.807, 2.05) is 0 Å². The zero-order valence-corrected chi connectivity index (χ0v) is 9.52. The minimum absolute atomic E-state index is 0.0764. The number of rotatable bonds is 3. The molecule has 0 aliphatic heterocycles. The van der Waals surface area contributed by atoms with E-state index in [0.717, 1.165) is 2.88 Å². The van der Waals surface area contributed by atoms with Crippen LogP contribution in [0.2, 0.25) is 0 Å². The molecule has 1 heterocycles. The van der Waals surface area contributed by atoms with Crippen molar-refractivity contribution in [1.29, 1.82) is 0 Å². The van der Waals surface area contributed by atoms with Crippen molar-refractivity contribution in [3.05, 3.63) is 19.9 Å². The fourth-order valence-electron chi connectivity index (χ4n) is 0.631. The van der Waals surface area contributed by atoms with Gasteiger partial charge in [-0.05, 0) is 28.7 Å². The van der Waals surface area contributed by atoms with Gasteiger partial charge < -0.3 is 0 Å². The van der Waals surface area contributed by atoms with Crippen molar-refractivity contribution in [3.63, 3.8) is 0 Å². The number of hydroxylamine groups is 1. The van der Waals surface area contributed by atoms with Gasteiger partial charge in [0.2, 0.25) is 0 Å². The van der Waals surface area contributed by atoms with E-state index in [1.165, 1.54) is 11.3 Å². The van der Waals surface area contributed by atoms with Crippen LogP contribution in [-0.4, -0.2) is 12.5 Å². The van der Waals surface area contributed by atoms with Gasteiger partial charge in [-0.2, -0.15) is 0 Å². The van der Waals surface area contributed by atoms with E-state index in [2.05, 4.69) is 38.8 Å². The number of thiophene rings is 1. The summed E-state index contributed by atoms with van der Waals surface area (Å²) < 4.78 is 1.06. The Hall–Kier alpha value is -0.580. The van der Waals surface area contributed by atoms with Crippen LogP contribution in [-0.2, 0) is 4.84 Å². The lowest BCUT2D eigenvalue weighted by Gasteiger charge is -1.99. The number of carbonyl (C=O) groups excluding carboxylic acids is 1. The second kappa shape index (κ2) is 5.21. The van der Waals surface area contributed by atoms with E-state index in [-0.39, 0.29) is 12.5 Å². The molecule has 3 nitrogen and oxygen atoms in total. The highest BCUT2D eigenvalue weighted by atomic mass is 127. The number of carbonyl (C=O) groups is 1. The summed E-state index contributed by atoms with van der Waals surface area (Å²) >= 11 is 3.65. The molecule has 1 aromatic rings. The number of nitrogens with one attached hydrogen (secondary N) is 1. The van der Waals surface area contributed by atoms with Crippen molar-refractivity contribution in [2.24, 2.45) is 0 Å². The summed E-state index contributed by atoms with van der Waals surface area (Å²) in [6.45, 7) is 0.0764. The normalized spacial score (nSPS) is 9.23. The Kier molecular flexibility index (Phi) is 4.21. The molecule has 68 valence electrons. The van der Waals surface area contributed by atoms with Crippen LogP contribution in [0.1, 0.15) is 10.4 Å². The fourth-order valence-corrected chi connectivity index (χ4v) is 1.96. The Bertz CT molecular complexity index is 342. The van der Waals surface area contributed by atoms with Crippen molar-refractivity contribution in [2.75, 3.05) is 6.61 Å². The lowest BCUT2D eigenvalue weighted by Crippen LogP contribution is -2.23. The summed E-state index contributed by atoms with van der Waals surface area (Å²) in [6.07, 6.45) is 4.93. The Labute approximate surface area is 93.6 Å². The summed E-state index contributed by atoms with van der Waals surface area (Å²) in [5.41, 5.74) is 2.82. The summed E-state index contributed by atoms with van der Waals surface area (Å²) in [5.74, 6) is 1.97. The van der Waals surface area contributed by atoms with Crippen molar-refractivity contribution in [1.82, 2.24) is 5.48 Å². The molecule has 0 aromatic carbocycles. The second-order valence-electron chi connectivity index (χ2n) is 2.06. The third-order valence-corrected chi connectivity index (χ3v) is 2.94. The molecule has 0 bridgehead atoms. The molecule has 5 heteroatoms. The van der Waals surface area contributed by atoms with Crippen molar-refractivity contribution in [2.45, 2.75) is 0 Å². The van der Waals surface area contributed by atoms with Crippen LogP contribution in [0.3, 0.4) is 0 Å². The Morgan fingerprint density at radius 3 is 3.15 bits per heavy atom. The largest absolute Gasteiger partial charge is 0.275 e. The molecule has 1 amide bonds. The van der Waals surface area contributed by atoms with Gasteiger partial charge in [0.15, 0.2) is 0 Å². The van der Waals surface area contributed by atoms with Crippen molar-refractivity contribution < 1.29 is 9.63 Å². The maximum absolute atomic E-state index is 11.2. The van der Waals surface area contributed by atoms with Gasteiger partial charge >= 0.3 is 0 Å². The van der Waals surface area contributed by atoms with E-state index < -0.39 is 0 Å². The number of hydrogen-bond acceptors (Lipinski definition) is 3. The lowest BCUT2D eigenvalue weighted by molar-refractivity contribution is 0.0438. The molecule has 0 saturated carbocycles. The van der Waals surface area contributed by atoms with E-state index in [4.69, 9.17) is 6.42 Å². The van der Waals surface area contributed by atoms with Gasteiger partial charge in [-0.1, -0.05) is 5.92 Å². The molecule has 0 saturated heterocycles. The average molecular weight is 307 g/mol. The van der Waals surface area contributed by atoms with Gasteiger partial charge in [-0.15, -0.1) is 17.8 Å². The average Bonchev–Trinajstić information content (AvgIpc) is 2.52. The van der Waals surface area contributed by atoms with Crippen LogP contribution < -0.4 is 5.48 Å². The molecule has 1 N–H and O–H groups in total. The molecule has 0 radical (unpaired) electrons. The lowest BCUT2D eigenvalue weighted by atomic mass is 10.3. The van der Waals surface area contributed by atoms with E-state index in [1.54, 1.807) is 11.4 Å². The third-order valence-electron chi connectivity index (χ3n) is 1.15. The first kappa shape index (κ1) is 10.5. The standard InChI is InChI=1S/C8H6INO2S/c1-2-3-12-10-8(11)6-4-7(9)13-5-6/h1,4-5H,3H2,(H,10,11). The van der Waals surface area contributed by atoms with Crippen LogP contribution >= 0.6 is 33.9 Å². The van der Waals surface area contributed by atoms with Gasteiger partial charge in [0, 0.05) is 5.38 Å². The highest BCUT2D eigenvalue weighted by Crippen LogP contribution is 2.16. The minimum Gasteiger partial charge on any atom is -0.267 e. The van der Waals surface area contributed by atoms with Crippen LogP contribution in [0.25, 0.3) is 0 Å². The molecule has 0 aliphatic rings. The maximum atomic E-state index is 11.2. The van der Waals surface area contributed by atoms with Gasteiger partial charge in [0.05, 0.1) is 8.45 Å². The SMILES string of the molecule is C#CCONC(=O)c1csc(I)c1. The van der Waals surface area contributed by atoms with E-state index >= 15 is 0 Å². The Morgan fingerprint density at radius 2 is 2.62 bits per heavy atom. The maximum Gasteiger partial charge on any atom is 0.275 e. The first-order chi connectivity index (χ1) is 6.24. The van der Waals surface area contributed by atoms with E-state index in [0.29, 0.717) is 5.56 Å². The highest BCUT2D eigenvalue weighted by Gasteiger charge is 2.06. The predicted molar refractivity (Wildman–Crippen MR) is 59.3 cm³/mol. The Morgan fingerprint density at radius 1 is 1.85 bits per heavy atom. The summed E-state index contributed by atoms with van der Waals surface area (Å²) in [4.78, 5) is 15.9. The molecular formula is C8H6INO2S. The molecule has 13 heavy (non-hydrogen) atoms. The van der Waals surface area contributed by atoms with Gasteiger partial charge in [0.1, 0.15) is 6.61 Å². The van der Waals surface area contributed by atoms with Crippen LogP contribution in [0.15, 0.2) is 11.4 Å². The zero-order chi connectivity index (χ0) is 9.68. The van der Waals surface area contributed by atoms with Crippen molar-refractivity contribution >= 4 is 39.8 Å². The van der Waals surface area contributed by atoms with Gasteiger partial charge in [-0.3, -0.25) is 9.63 Å². The third kappa shape index (κ3) is 3.34. The molecule has 0 unspecified atom stereocenters. The molecule has 1 aromatic heterocycles. The smallest absolute Gasteiger partial charge is 0.267 e. The van der Waals surface area contributed by atoms with Crippen molar-refractivity contribution in [3.8, 4) is 12.3 Å². The quantitative estimate of drug-likeness (QED) is 0.399. The first-order valence-corrected chi connectivity index (χ1v) is 5.29. The topological polar surface area (TPSA) is 38.3 Å². The van der Waals surface area contributed by atoms with E-state index in [9.17, 15) is 4.79 Å². The molecule has 0 atom stereocenters. The number of halogens is 1. The predicted octanol–water partition coefficient (Wildman–Crippen LogP) is 1.65. The zero-order valence-electron chi connectivity index (χ0n) is 6.54. The fraction of sp³-hybridized carbons (Fsp3) is 0.125. The second-order valence-corrected chi connectivity index (χ2v) is 4.87. The Balaban J connectivity index is 2.45.